The van der Waals surface area contributed by atoms with Crippen molar-refractivity contribution in [1.82, 2.24) is 4.90 Å². The average molecular weight is 281 g/mol. The lowest BCUT2D eigenvalue weighted by molar-refractivity contribution is -0.439. The lowest BCUT2D eigenvalue weighted by Crippen LogP contribution is -2.29. The Bertz CT molecular complexity index is 723. The third kappa shape index (κ3) is 2.18. The van der Waals surface area contributed by atoms with Crippen LogP contribution < -0.4 is 0 Å². The fraction of sp³-hybridized carbons (Fsp3) is 0.421. The molecule has 2 aromatic carbocycles. The third-order valence-electron chi connectivity index (χ3n) is 4.90. The summed E-state index contributed by atoms with van der Waals surface area (Å²) in [5, 5.41) is 2.73. The number of hydrogen-bond donors (Lipinski definition) is 0. The third-order valence-corrected chi connectivity index (χ3v) is 4.90. The van der Waals surface area contributed by atoms with E-state index in [1.165, 1.54) is 27.7 Å². The molecule has 110 valence electrons. The van der Waals surface area contributed by atoms with E-state index in [9.17, 15) is 0 Å². The van der Waals surface area contributed by atoms with Crippen molar-refractivity contribution in [3.63, 3.8) is 0 Å². The van der Waals surface area contributed by atoms with Crippen LogP contribution in [0.2, 0.25) is 0 Å². The van der Waals surface area contributed by atoms with Gasteiger partial charge in [-0.15, -0.1) is 0 Å². The lowest BCUT2D eigenvalue weighted by atomic mass is 9.80. The standard InChI is InChI=1S/C19H25N2/c1-14-19(2,3)18-16-9-7-6-8-15(16)10-11-17(18)21(14)13-12-20(4)5/h6-11H,12-13H2,1-5H3/q+1. The highest BCUT2D eigenvalue weighted by Gasteiger charge is 2.43. The first-order valence-corrected chi connectivity index (χ1v) is 7.71. The van der Waals surface area contributed by atoms with Crippen molar-refractivity contribution in [3.05, 3.63) is 42.0 Å². The monoisotopic (exact) mass is 281 g/mol. The summed E-state index contributed by atoms with van der Waals surface area (Å²) in [4.78, 5) is 2.25. The first-order valence-electron chi connectivity index (χ1n) is 7.71. The molecular formula is C19H25N2+. The van der Waals surface area contributed by atoms with E-state index in [1.54, 1.807) is 0 Å². The van der Waals surface area contributed by atoms with Crippen LogP contribution in [-0.4, -0.2) is 42.4 Å². The maximum atomic E-state index is 2.50. The Morgan fingerprint density at radius 1 is 1.05 bits per heavy atom. The highest BCUT2D eigenvalue weighted by molar-refractivity contribution is 6.01. The molecule has 0 bridgehead atoms. The molecule has 3 rings (SSSR count). The average Bonchev–Trinajstić information content (AvgIpc) is 2.65. The summed E-state index contributed by atoms with van der Waals surface area (Å²) in [6, 6.07) is 13.3. The topological polar surface area (TPSA) is 6.25 Å². The van der Waals surface area contributed by atoms with Crippen molar-refractivity contribution in [2.24, 2.45) is 0 Å². The highest BCUT2D eigenvalue weighted by Crippen LogP contribution is 2.43. The van der Waals surface area contributed by atoms with Gasteiger partial charge in [0, 0.05) is 18.6 Å². The van der Waals surface area contributed by atoms with E-state index >= 15 is 0 Å². The van der Waals surface area contributed by atoms with Gasteiger partial charge >= 0.3 is 0 Å². The van der Waals surface area contributed by atoms with E-state index in [-0.39, 0.29) is 5.41 Å². The van der Waals surface area contributed by atoms with Gasteiger partial charge in [-0.2, -0.15) is 4.58 Å². The molecule has 0 amide bonds. The fourth-order valence-corrected chi connectivity index (χ4v) is 3.43. The predicted octanol–water partition coefficient (Wildman–Crippen LogP) is 3.80. The molecule has 0 aliphatic carbocycles. The van der Waals surface area contributed by atoms with E-state index in [0.717, 1.165) is 13.1 Å². The normalized spacial score (nSPS) is 16.9. The van der Waals surface area contributed by atoms with Crippen LogP contribution in [0.3, 0.4) is 0 Å². The van der Waals surface area contributed by atoms with Crippen LogP contribution in [0, 0.1) is 0 Å². The maximum Gasteiger partial charge on any atom is 0.210 e. The smallest absolute Gasteiger partial charge is 0.210 e. The van der Waals surface area contributed by atoms with Gasteiger partial charge in [0.05, 0.1) is 12.0 Å². The highest BCUT2D eigenvalue weighted by atomic mass is 15.1. The van der Waals surface area contributed by atoms with Crippen molar-refractivity contribution < 1.29 is 4.58 Å². The number of benzene rings is 2. The number of fused-ring (bicyclic) bond motifs is 3. The SMILES string of the molecule is CC1=[N+](CCN(C)C)c2ccc3ccccc3c2C1(C)C. The molecule has 0 spiro atoms. The quantitative estimate of drug-likeness (QED) is 0.776. The summed E-state index contributed by atoms with van der Waals surface area (Å²) in [5.74, 6) is 0. The van der Waals surface area contributed by atoms with Crippen molar-refractivity contribution >= 4 is 22.2 Å². The van der Waals surface area contributed by atoms with E-state index in [4.69, 9.17) is 0 Å². The molecule has 0 unspecified atom stereocenters. The second-order valence-corrected chi connectivity index (χ2v) is 6.85. The van der Waals surface area contributed by atoms with E-state index < -0.39 is 0 Å². The van der Waals surface area contributed by atoms with Crippen molar-refractivity contribution in [3.8, 4) is 0 Å². The molecule has 1 aliphatic rings. The molecule has 0 aromatic heterocycles. The van der Waals surface area contributed by atoms with Crippen LogP contribution in [0.25, 0.3) is 10.8 Å². The number of nitrogens with zero attached hydrogens (tertiary/aromatic N) is 2. The Balaban J connectivity index is 2.19. The largest absolute Gasteiger partial charge is 0.303 e. The molecular weight excluding hydrogens is 256 g/mol. The van der Waals surface area contributed by atoms with Gasteiger partial charge in [-0.1, -0.05) is 24.3 Å². The summed E-state index contributed by atoms with van der Waals surface area (Å²) in [6.45, 7) is 9.10. The van der Waals surface area contributed by atoms with Crippen molar-refractivity contribution in [1.29, 1.82) is 0 Å². The van der Waals surface area contributed by atoms with Gasteiger partial charge in [0.1, 0.15) is 0 Å². The number of hydrogen-bond acceptors (Lipinski definition) is 1. The minimum atomic E-state index is 0.0997. The molecule has 0 fully saturated rings. The van der Waals surface area contributed by atoms with Crippen LogP contribution in [-0.2, 0) is 5.41 Å². The molecule has 21 heavy (non-hydrogen) atoms. The molecule has 0 saturated heterocycles. The predicted molar refractivity (Wildman–Crippen MR) is 91.0 cm³/mol. The van der Waals surface area contributed by atoms with Gasteiger partial charge in [0.25, 0.3) is 0 Å². The lowest BCUT2D eigenvalue weighted by Gasteiger charge is -2.17. The van der Waals surface area contributed by atoms with Crippen LogP contribution in [0.15, 0.2) is 36.4 Å². The number of likely N-dealkylation sites (N-methyl/N-ethyl adjacent to an activating group) is 1. The van der Waals surface area contributed by atoms with Crippen LogP contribution in [0.1, 0.15) is 26.3 Å². The Morgan fingerprint density at radius 3 is 2.48 bits per heavy atom. The first kappa shape index (κ1) is 14.3. The zero-order chi connectivity index (χ0) is 15.2. The van der Waals surface area contributed by atoms with E-state index in [2.05, 4.69) is 80.7 Å². The Labute approximate surface area is 127 Å². The van der Waals surface area contributed by atoms with Gasteiger partial charge in [0.15, 0.2) is 12.3 Å². The van der Waals surface area contributed by atoms with Crippen LogP contribution in [0.4, 0.5) is 5.69 Å². The van der Waals surface area contributed by atoms with Crippen LogP contribution in [0.5, 0.6) is 0 Å². The molecule has 0 radical (unpaired) electrons. The molecule has 2 heteroatoms. The maximum absolute atomic E-state index is 2.50. The van der Waals surface area contributed by atoms with Gasteiger partial charge in [-0.3, -0.25) is 0 Å². The Kier molecular flexibility index (Phi) is 3.37. The van der Waals surface area contributed by atoms with Crippen molar-refractivity contribution in [2.45, 2.75) is 26.2 Å². The Hall–Kier alpha value is -1.67. The molecule has 1 aliphatic heterocycles. The summed E-state index contributed by atoms with van der Waals surface area (Å²) in [5.41, 5.74) is 4.42. The van der Waals surface area contributed by atoms with Gasteiger partial charge < -0.3 is 4.90 Å². The van der Waals surface area contributed by atoms with Gasteiger partial charge in [-0.25, -0.2) is 0 Å². The molecule has 2 nitrogen and oxygen atoms in total. The van der Waals surface area contributed by atoms with Crippen molar-refractivity contribution in [2.75, 3.05) is 27.2 Å². The molecule has 0 atom stereocenters. The minimum Gasteiger partial charge on any atom is -0.303 e. The molecule has 2 aromatic rings. The summed E-state index contributed by atoms with van der Waals surface area (Å²) in [7, 11) is 4.27. The summed E-state index contributed by atoms with van der Waals surface area (Å²) >= 11 is 0. The van der Waals surface area contributed by atoms with E-state index in [1.807, 2.05) is 0 Å². The van der Waals surface area contributed by atoms with Gasteiger partial charge in [0.2, 0.25) is 5.69 Å². The summed E-state index contributed by atoms with van der Waals surface area (Å²) < 4.78 is 2.50. The summed E-state index contributed by atoms with van der Waals surface area (Å²) in [6.07, 6.45) is 0. The van der Waals surface area contributed by atoms with E-state index in [0.29, 0.717) is 0 Å². The van der Waals surface area contributed by atoms with Gasteiger partial charge in [-0.05, 0) is 44.8 Å². The molecule has 0 saturated carbocycles. The fourth-order valence-electron chi connectivity index (χ4n) is 3.43. The molecule has 0 N–H and O–H groups in total. The zero-order valence-electron chi connectivity index (χ0n) is 13.8. The Morgan fingerprint density at radius 2 is 1.76 bits per heavy atom. The molecule has 1 heterocycles. The second-order valence-electron chi connectivity index (χ2n) is 6.85. The minimum absolute atomic E-state index is 0.0997. The first-order chi connectivity index (χ1) is 9.93. The zero-order valence-corrected chi connectivity index (χ0v) is 13.8. The number of rotatable bonds is 3. The van der Waals surface area contributed by atoms with Crippen LogP contribution >= 0.6 is 0 Å². The second kappa shape index (κ2) is 4.96.